The standard InChI is InChI=1S/C15H11ClF3N5O/c1-24-13-10(6-22-24)9(14(25)21-7-15(17,18)19)4-11(23-13)8-2-3-12(16)20-5-8/h2-6H,7H2,1H3,(H,21,25). The SMILES string of the molecule is Cn1ncc2c(C(=O)NCC(F)(F)F)cc(-c3ccc(Cl)nc3)nc21. The number of pyridine rings is 2. The van der Waals surface area contributed by atoms with Crippen LogP contribution in [0.25, 0.3) is 22.3 Å². The molecule has 0 aliphatic rings. The third kappa shape index (κ3) is 3.71. The maximum Gasteiger partial charge on any atom is 0.405 e. The van der Waals surface area contributed by atoms with Gasteiger partial charge in [-0.25, -0.2) is 9.97 Å². The van der Waals surface area contributed by atoms with Crippen LogP contribution in [0.2, 0.25) is 5.15 Å². The van der Waals surface area contributed by atoms with E-state index in [-0.39, 0.29) is 10.7 Å². The molecule has 0 aromatic carbocycles. The van der Waals surface area contributed by atoms with Crippen LogP contribution in [0.4, 0.5) is 13.2 Å². The Morgan fingerprint density at radius 3 is 2.72 bits per heavy atom. The molecular weight excluding hydrogens is 359 g/mol. The molecule has 3 heterocycles. The van der Waals surface area contributed by atoms with Gasteiger partial charge in [0.1, 0.15) is 11.7 Å². The van der Waals surface area contributed by atoms with Crippen molar-refractivity contribution in [2.45, 2.75) is 6.18 Å². The highest BCUT2D eigenvalue weighted by Crippen LogP contribution is 2.25. The Morgan fingerprint density at radius 2 is 2.08 bits per heavy atom. The molecule has 0 spiro atoms. The third-order valence-electron chi connectivity index (χ3n) is 3.42. The first-order valence-corrected chi connectivity index (χ1v) is 7.42. The summed E-state index contributed by atoms with van der Waals surface area (Å²) in [4.78, 5) is 20.6. The van der Waals surface area contributed by atoms with Crippen LogP contribution in [0.1, 0.15) is 10.4 Å². The molecule has 0 unspecified atom stereocenters. The van der Waals surface area contributed by atoms with Crippen molar-refractivity contribution in [3.05, 3.63) is 41.3 Å². The van der Waals surface area contributed by atoms with Crippen molar-refractivity contribution in [2.75, 3.05) is 6.54 Å². The van der Waals surface area contributed by atoms with Crippen LogP contribution < -0.4 is 5.32 Å². The van der Waals surface area contributed by atoms with Crippen LogP contribution in [0.3, 0.4) is 0 Å². The number of halogens is 4. The summed E-state index contributed by atoms with van der Waals surface area (Å²) in [6.07, 6.45) is -1.65. The molecule has 0 radical (unpaired) electrons. The van der Waals surface area contributed by atoms with E-state index >= 15 is 0 Å². The Morgan fingerprint density at radius 1 is 1.32 bits per heavy atom. The molecule has 0 aliphatic carbocycles. The minimum absolute atomic E-state index is 0.0484. The average Bonchev–Trinajstić information content (AvgIpc) is 2.93. The van der Waals surface area contributed by atoms with E-state index in [4.69, 9.17) is 11.6 Å². The number of nitrogens with zero attached hydrogens (tertiary/aromatic N) is 4. The molecule has 6 nitrogen and oxygen atoms in total. The van der Waals surface area contributed by atoms with Gasteiger partial charge in [0.2, 0.25) is 0 Å². The molecule has 10 heteroatoms. The number of hydrogen-bond donors (Lipinski definition) is 1. The third-order valence-corrected chi connectivity index (χ3v) is 3.65. The van der Waals surface area contributed by atoms with E-state index in [0.29, 0.717) is 22.3 Å². The van der Waals surface area contributed by atoms with Crippen LogP contribution in [-0.4, -0.2) is 38.4 Å². The van der Waals surface area contributed by atoms with Crippen molar-refractivity contribution in [3.63, 3.8) is 0 Å². The first-order valence-electron chi connectivity index (χ1n) is 7.04. The lowest BCUT2D eigenvalue weighted by Crippen LogP contribution is -2.33. The van der Waals surface area contributed by atoms with Crippen LogP contribution in [0.5, 0.6) is 0 Å². The zero-order valence-corrected chi connectivity index (χ0v) is 13.6. The Bertz CT molecular complexity index is 937. The number of nitrogens with one attached hydrogen (secondary N) is 1. The number of hydrogen-bond acceptors (Lipinski definition) is 4. The number of alkyl halides is 3. The molecular formula is C15H11ClF3N5O. The van der Waals surface area contributed by atoms with Gasteiger partial charge in [0.15, 0.2) is 5.65 Å². The quantitative estimate of drug-likeness (QED) is 0.720. The van der Waals surface area contributed by atoms with Crippen molar-refractivity contribution in [3.8, 4) is 11.3 Å². The molecule has 130 valence electrons. The van der Waals surface area contributed by atoms with Gasteiger partial charge in [0.25, 0.3) is 5.91 Å². The van der Waals surface area contributed by atoms with Gasteiger partial charge in [-0.1, -0.05) is 11.6 Å². The molecule has 1 N–H and O–H groups in total. The predicted octanol–water partition coefficient (Wildman–Crippen LogP) is 2.98. The van der Waals surface area contributed by atoms with Crippen molar-refractivity contribution in [1.29, 1.82) is 0 Å². The van der Waals surface area contributed by atoms with Gasteiger partial charge >= 0.3 is 6.18 Å². The van der Waals surface area contributed by atoms with E-state index in [2.05, 4.69) is 15.1 Å². The Balaban J connectivity index is 2.07. The second-order valence-electron chi connectivity index (χ2n) is 5.23. The Kier molecular flexibility index (Phi) is 4.34. The number of carbonyl (C=O) groups excluding carboxylic acids is 1. The topological polar surface area (TPSA) is 72.7 Å². The monoisotopic (exact) mass is 369 g/mol. The fourth-order valence-corrected chi connectivity index (χ4v) is 2.37. The summed E-state index contributed by atoms with van der Waals surface area (Å²) in [6, 6.07) is 4.60. The molecule has 0 bridgehead atoms. The Labute approximate surface area is 144 Å². The van der Waals surface area contributed by atoms with Crippen LogP contribution in [0.15, 0.2) is 30.6 Å². The molecule has 25 heavy (non-hydrogen) atoms. The van der Waals surface area contributed by atoms with E-state index in [0.717, 1.165) is 0 Å². The molecule has 3 aromatic rings. The van der Waals surface area contributed by atoms with E-state index in [1.54, 1.807) is 19.2 Å². The molecule has 0 saturated heterocycles. The molecule has 0 aliphatic heterocycles. The molecule has 3 rings (SSSR count). The molecule has 0 fully saturated rings. The predicted molar refractivity (Wildman–Crippen MR) is 85.1 cm³/mol. The zero-order chi connectivity index (χ0) is 18.2. The zero-order valence-electron chi connectivity index (χ0n) is 12.8. The normalized spacial score (nSPS) is 11.7. The van der Waals surface area contributed by atoms with Crippen LogP contribution in [0, 0.1) is 0 Å². The van der Waals surface area contributed by atoms with Crippen molar-refractivity contribution in [1.82, 2.24) is 25.1 Å². The van der Waals surface area contributed by atoms with Crippen LogP contribution >= 0.6 is 11.6 Å². The van der Waals surface area contributed by atoms with Gasteiger partial charge in [0.05, 0.1) is 22.8 Å². The van der Waals surface area contributed by atoms with Gasteiger partial charge in [-0.2, -0.15) is 18.3 Å². The lowest BCUT2D eigenvalue weighted by atomic mass is 10.1. The van der Waals surface area contributed by atoms with Gasteiger partial charge in [-0.05, 0) is 18.2 Å². The van der Waals surface area contributed by atoms with Crippen molar-refractivity contribution in [2.24, 2.45) is 7.05 Å². The number of aromatic nitrogens is 4. The summed E-state index contributed by atoms with van der Waals surface area (Å²) < 4.78 is 38.5. The lowest BCUT2D eigenvalue weighted by Gasteiger charge is -2.10. The van der Waals surface area contributed by atoms with Gasteiger partial charge < -0.3 is 5.32 Å². The minimum Gasteiger partial charge on any atom is -0.343 e. The number of fused-ring (bicyclic) bond motifs is 1. The summed E-state index contributed by atoms with van der Waals surface area (Å²) in [5.74, 6) is -0.860. The highest BCUT2D eigenvalue weighted by Gasteiger charge is 2.28. The molecule has 1 amide bonds. The molecule has 0 atom stereocenters. The largest absolute Gasteiger partial charge is 0.405 e. The van der Waals surface area contributed by atoms with E-state index in [1.165, 1.54) is 23.1 Å². The molecule has 3 aromatic heterocycles. The second-order valence-corrected chi connectivity index (χ2v) is 5.62. The number of aryl methyl sites for hydroxylation is 1. The summed E-state index contributed by atoms with van der Waals surface area (Å²) >= 11 is 5.75. The number of rotatable bonds is 3. The van der Waals surface area contributed by atoms with Crippen molar-refractivity contribution >= 4 is 28.5 Å². The second kappa shape index (κ2) is 6.32. The van der Waals surface area contributed by atoms with E-state index in [1.807, 2.05) is 5.32 Å². The fourth-order valence-electron chi connectivity index (χ4n) is 2.25. The average molecular weight is 370 g/mol. The van der Waals surface area contributed by atoms with Gasteiger partial charge in [0, 0.05) is 18.8 Å². The number of carbonyl (C=O) groups is 1. The fraction of sp³-hybridized carbons (Fsp3) is 0.200. The Hall–Kier alpha value is -2.68. The first kappa shape index (κ1) is 17.2. The maximum atomic E-state index is 12.4. The number of amides is 1. The highest BCUT2D eigenvalue weighted by atomic mass is 35.5. The molecule has 0 saturated carbocycles. The van der Waals surface area contributed by atoms with Gasteiger partial charge in [-0.3, -0.25) is 9.48 Å². The summed E-state index contributed by atoms with van der Waals surface area (Å²) in [6.45, 7) is -1.42. The minimum atomic E-state index is -4.50. The highest BCUT2D eigenvalue weighted by molar-refractivity contribution is 6.29. The van der Waals surface area contributed by atoms with Crippen LogP contribution in [-0.2, 0) is 7.05 Å². The first-order chi connectivity index (χ1) is 11.7. The van der Waals surface area contributed by atoms with Crippen molar-refractivity contribution < 1.29 is 18.0 Å². The lowest BCUT2D eigenvalue weighted by molar-refractivity contribution is -0.123. The van der Waals surface area contributed by atoms with Gasteiger partial charge in [-0.15, -0.1) is 0 Å². The maximum absolute atomic E-state index is 12.4. The smallest absolute Gasteiger partial charge is 0.343 e. The van der Waals surface area contributed by atoms with E-state index < -0.39 is 18.6 Å². The summed E-state index contributed by atoms with van der Waals surface area (Å²) in [5.41, 5.74) is 1.35. The summed E-state index contributed by atoms with van der Waals surface area (Å²) in [7, 11) is 1.62. The summed E-state index contributed by atoms with van der Waals surface area (Å²) in [5, 5.41) is 6.51. The van der Waals surface area contributed by atoms with E-state index in [9.17, 15) is 18.0 Å².